The Balaban J connectivity index is 2.05. The number of hydrogen-bond acceptors (Lipinski definition) is 1. The van der Waals surface area contributed by atoms with E-state index in [1.54, 1.807) is 0 Å². The first-order valence-electron chi connectivity index (χ1n) is 6.94. The smallest absolute Gasteiger partial charge is 0.00147 e. The van der Waals surface area contributed by atoms with Gasteiger partial charge < -0.3 is 5.32 Å². The van der Waals surface area contributed by atoms with E-state index < -0.39 is 0 Å². The molecule has 1 heteroatoms. The van der Waals surface area contributed by atoms with Gasteiger partial charge in [-0.05, 0) is 56.0 Å². The Morgan fingerprint density at radius 1 is 1.20 bits per heavy atom. The second-order valence-electron chi connectivity index (χ2n) is 6.21. The van der Waals surface area contributed by atoms with Crippen molar-refractivity contribution in [3.8, 4) is 0 Å². The van der Waals surface area contributed by atoms with Crippen molar-refractivity contribution in [3.63, 3.8) is 0 Å². The third kappa shape index (κ3) is 2.55. The number of nitrogens with one attached hydrogen (secondary N) is 1. The highest BCUT2D eigenvalue weighted by Crippen LogP contribution is 2.49. The van der Waals surface area contributed by atoms with Gasteiger partial charge in [-0.1, -0.05) is 33.1 Å². The van der Waals surface area contributed by atoms with Gasteiger partial charge in [-0.25, -0.2) is 0 Å². The molecule has 1 unspecified atom stereocenters. The maximum absolute atomic E-state index is 3.57. The highest BCUT2D eigenvalue weighted by molar-refractivity contribution is 4.93. The summed E-state index contributed by atoms with van der Waals surface area (Å²) in [7, 11) is 0. The third-order valence-corrected chi connectivity index (χ3v) is 4.59. The maximum atomic E-state index is 3.57. The molecule has 1 saturated carbocycles. The van der Waals surface area contributed by atoms with Crippen LogP contribution in [0.4, 0.5) is 0 Å². The average Bonchev–Trinajstić information content (AvgIpc) is 2.71. The van der Waals surface area contributed by atoms with Crippen LogP contribution in [-0.2, 0) is 0 Å². The molecule has 0 amide bonds. The molecule has 1 saturated heterocycles. The van der Waals surface area contributed by atoms with Crippen molar-refractivity contribution in [3.05, 3.63) is 0 Å². The van der Waals surface area contributed by atoms with Crippen molar-refractivity contribution in [1.29, 1.82) is 0 Å². The molecule has 88 valence electrons. The predicted octanol–water partition coefficient (Wildman–Crippen LogP) is 3.59. The van der Waals surface area contributed by atoms with Crippen LogP contribution in [0.3, 0.4) is 0 Å². The summed E-state index contributed by atoms with van der Waals surface area (Å²) in [6.45, 7) is 7.37. The van der Waals surface area contributed by atoms with Gasteiger partial charge in [0.1, 0.15) is 0 Å². The summed E-state index contributed by atoms with van der Waals surface area (Å²) in [5, 5.41) is 3.57. The van der Waals surface area contributed by atoms with Crippen molar-refractivity contribution in [1.82, 2.24) is 5.32 Å². The van der Waals surface area contributed by atoms with Crippen LogP contribution in [0.25, 0.3) is 0 Å². The molecule has 0 aromatic rings. The minimum atomic E-state index is 0.718. The zero-order chi connectivity index (χ0) is 10.7. The number of rotatable bonds is 3. The van der Waals surface area contributed by atoms with Crippen LogP contribution in [-0.4, -0.2) is 13.1 Å². The summed E-state index contributed by atoms with van der Waals surface area (Å²) >= 11 is 0. The Hall–Kier alpha value is -0.0400. The summed E-state index contributed by atoms with van der Waals surface area (Å²) in [6, 6.07) is 0. The van der Waals surface area contributed by atoms with Gasteiger partial charge in [0.15, 0.2) is 0 Å². The summed E-state index contributed by atoms with van der Waals surface area (Å²) in [6.07, 6.45) is 10.4. The number of hydrogen-bond donors (Lipinski definition) is 1. The summed E-state index contributed by atoms with van der Waals surface area (Å²) in [4.78, 5) is 0. The Bertz CT molecular complexity index is 186. The van der Waals surface area contributed by atoms with Gasteiger partial charge in [0.25, 0.3) is 0 Å². The van der Waals surface area contributed by atoms with Crippen LogP contribution in [0.5, 0.6) is 0 Å². The molecule has 0 spiro atoms. The largest absolute Gasteiger partial charge is 0.316 e. The third-order valence-electron chi connectivity index (χ3n) is 4.59. The summed E-state index contributed by atoms with van der Waals surface area (Å²) in [5.41, 5.74) is 0.718. The lowest BCUT2D eigenvalue weighted by molar-refractivity contribution is 0.0784. The predicted molar refractivity (Wildman–Crippen MR) is 65.9 cm³/mol. The lowest BCUT2D eigenvalue weighted by atomic mass is 9.62. The first kappa shape index (κ1) is 11.4. The molecule has 2 rings (SSSR count). The molecule has 1 N–H and O–H groups in total. The molecule has 1 heterocycles. The van der Waals surface area contributed by atoms with Crippen molar-refractivity contribution in [2.75, 3.05) is 13.1 Å². The van der Waals surface area contributed by atoms with Crippen LogP contribution in [0.1, 0.15) is 58.8 Å². The van der Waals surface area contributed by atoms with Gasteiger partial charge >= 0.3 is 0 Å². The van der Waals surface area contributed by atoms with Crippen molar-refractivity contribution < 1.29 is 0 Å². The minimum absolute atomic E-state index is 0.718. The van der Waals surface area contributed by atoms with Crippen LogP contribution < -0.4 is 5.32 Å². The Morgan fingerprint density at radius 3 is 2.47 bits per heavy atom. The van der Waals surface area contributed by atoms with Crippen LogP contribution in [0.2, 0.25) is 0 Å². The van der Waals surface area contributed by atoms with E-state index in [9.17, 15) is 0 Å². The normalized spacial score (nSPS) is 31.0. The fraction of sp³-hybridized carbons (Fsp3) is 1.00. The molecule has 1 nitrogen and oxygen atoms in total. The highest BCUT2D eigenvalue weighted by atomic mass is 14.9. The van der Waals surface area contributed by atoms with Gasteiger partial charge in [0.05, 0.1) is 0 Å². The molecule has 0 aromatic carbocycles. The van der Waals surface area contributed by atoms with E-state index in [0.29, 0.717) is 0 Å². The Labute approximate surface area is 95.0 Å². The van der Waals surface area contributed by atoms with E-state index in [1.807, 2.05) is 0 Å². The van der Waals surface area contributed by atoms with Gasteiger partial charge in [-0.2, -0.15) is 0 Å². The molecule has 1 aliphatic carbocycles. The first-order chi connectivity index (χ1) is 7.23. The fourth-order valence-electron chi connectivity index (χ4n) is 4.03. The lowest BCUT2D eigenvalue weighted by Gasteiger charge is -2.43. The molecule has 1 atom stereocenters. The fourth-order valence-corrected chi connectivity index (χ4v) is 4.03. The summed E-state index contributed by atoms with van der Waals surface area (Å²) in [5.74, 6) is 1.86. The van der Waals surface area contributed by atoms with E-state index in [-0.39, 0.29) is 0 Å². The van der Waals surface area contributed by atoms with Crippen LogP contribution in [0.15, 0.2) is 0 Å². The molecule has 0 aromatic heterocycles. The molecule has 15 heavy (non-hydrogen) atoms. The van der Waals surface area contributed by atoms with E-state index in [1.165, 1.54) is 58.0 Å². The quantitative estimate of drug-likeness (QED) is 0.749. The van der Waals surface area contributed by atoms with Gasteiger partial charge in [-0.15, -0.1) is 0 Å². The minimum Gasteiger partial charge on any atom is -0.316 e. The second kappa shape index (κ2) is 4.86. The van der Waals surface area contributed by atoms with Crippen molar-refractivity contribution >= 4 is 0 Å². The van der Waals surface area contributed by atoms with E-state index in [4.69, 9.17) is 0 Å². The SMILES string of the molecule is CC(C)CC1(C2CCNC2)CCCCC1. The molecular weight excluding hydrogens is 182 g/mol. The van der Waals surface area contributed by atoms with Crippen LogP contribution in [0, 0.1) is 17.3 Å². The molecular formula is C14H27N. The monoisotopic (exact) mass is 209 g/mol. The second-order valence-corrected chi connectivity index (χ2v) is 6.21. The molecule has 1 aliphatic heterocycles. The zero-order valence-corrected chi connectivity index (χ0v) is 10.5. The van der Waals surface area contributed by atoms with E-state index >= 15 is 0 Å². The van der Waals surface area contributed by atoms with Gasteiger partial charge in [0.2, 0.25) is 0 Å². The zero-order valence-electron chi connectivity index (χ0n) is 10.5. The van der Waals surface area contributed by atoms with Gasteiger partial charge in [-0.3, -0.25) is 0 Å². The van der Waals surface area contributed by atoms with E-state index in [0.717, 1.165) is 17.3 Å². The highest BCUT2D eigenvalue weighted by Gasteiger charge is 2.40. The lowest BCUT2D eigenvalue weighted by Crippen LogP contribution is -2.35. The molecule has 0 radical (unpaired) electrons. The Kier molecular flexibility index (Phi) is 3.71. The van der Waals surface area contributed by atoms with Crippen molar-refractivity contribution in [2.45, 2.75) is 58.8 Å². The molecule has 2 aliphatic rings. The molecule has 0 bridgehead atoms. The van der Waals surface area contributed by atoms with Crippen LogP contribution >= 0.6 is 0 Å². The summed E-state index contributed by atoms with van der Waals surface area (Å²) < 4.78 is 0. The standard InChI is InChI=1S/C14H27N/c1-12(2)10-14(7-4-3-5-8-14)13-6-9-15-11-13/h12-13,15H,3-11H2,1-2H3. The topological polar surface area (TPSA) is 12.0 Å². The first-order valence-corrected chi connectivity index (χ1v) is 6.94. The average molecular weight is 209 g/mol. The molecule has 2 fully saturated rings. The Morgan fingerprint density at radius 2 is 1.93 bits per heavy atom. The van der Waals surface area contributed by atoms with E-state index in [2.05, 4.69) is 19.2 Å². The van der Waals surface area contributed by atoms with Gasteiger partial charge in [0, 0.05) is 0 Å². The van der Waals surface area contributed by atoms with Crippen molar-refractivity contribution in [2.24, 2.45) is 17.3 Å². The maximum Gasteiger partial charge on any atom is -0.00147 e.